The predicted molar refractivity (Wildman–Crippen MR) is 84.4 cm³/mol. The highest BCUT2D eigenvalue weighted by Crippen LogP contribution is 2.29. The Bertz CT molecular complexity index is 581. The molecule has 1 atom stereocenters. The number of methoxy groups -OCH3 is 2. The number of phenolic OH excluding ortho intramolecular Hbond substituents is 1. The van der Waals surface area contributed by atoms with Gasteiger partial charge in [0, 0.05) is 12.1 Å². The number of aromatic hydroxyl groups is 1. The molecule has 0 saturated carbocycles. The number of anilines is 1. The van der Waals surface area contributed by atoms with Crippen molar-refractivity contribution in [3.05, 3.63) is 48.0 Å². The molecule has 1 unspecified atom stereocenters. The molecule has 112 valence electrons. The summed E-state index contributed by atoms with van der Waals surface area (Å²) < 4.78 is 10.6. The van der Waals surface area contributed by atoms with Gasteiger partial charge in [0.25, 0.3) is 0 Å². The second-order valence-corrected chi connectivity index (χ2v) is 4.98. The molecule has 0 amide bonds. The number of benzene rings is 2. The van der Waals surface area contributed by atoms with Crippen LogP contribution in [0.3, 0.4) is 0 Å². The second-order valence-electron chi connectivity index (χ2n) is 4.98. The van der Waals surface area contributed by atoms with Gasteiger partial charge < -0.3 is 19.9 Å². The zero-order valence-electron chi connectivity index (χ0n) is 12.6. The Morgan fingerprint density at radius 1 is 1.05 bits per heavy atom. The van der Waals surface area contributed by atoms with E-state index in [0.717, 1.165) is 29.2 Å². The lowest BCUT2D eigenvalue weighted by molar-refractivity contribution is 0.404. The Hall–Kier alpha value is -2.36. The van der Waals surface area contributed by atoms with E-state index in [1.165, 1.54) is 0 Å². The molecular weight excluding hydrogens is 266 g/mol. The van der Waals surface area contributed by atoms with Crippen molar-refractivity contribution in [2.75, 3.05) is 19.5 Å². The van der Waals surface area contributed by atoms with Crippen molar-refractivity contribution < 1.29 is 14.6 Å². The first kappa shape index (κ1) is 15.0. The lowest BCUT2D eigenvalue weighted by Crippen LogP contribution is -2.18. The van der Waals surface area contributed by atoms with E-state index in [0.29, 0.717) is 0 Å². The Morgan fingerprint density at radius 3 is 2.38 bits per heavy atom. The summed E-state index contributed by atoms with van der Waals surface area (Å²) in [6.07, 6.45) is 0.848. The van der Waals surface area contributed by atoms with E-state index >= 15 is 0 Å². The van der Waals surface area contributed by atoms with Gasteiger partial charge in [0.2, 0.25) is 0 Å². The van der Waals surface area contributed by atoms with Gasteiger partial charge in [0.1, 0.15) is 17.2 Å². The molecule has 0 aliphatic heterocycles. The van der Waals surface area contributed by atoms with Crippen LogP contribution in [0.1, 0.15) is 12.5 Å². The number of hydrogen-bond acceptors (Lipinski definition) is 4. The summed E-state index contributed by atoms with van der Waals surface area (Å²) >= 11 is 0. The lowest BCUT2D eigenvalue weighted by Gasteiger charge is -2.18. The average molecular weight is 287 g/mol. The summed E-state index contributed by atoms with van der Waals surface area (Å²) in [5, 5.41) is 12.7. The van der Waals surface area contributed by atoms with E-state index in [9.17, 15) is 5.11 Å². The molecule has 2 aromatic carbocycles. The first-order valence-electron chi connectivity index (χ1n) is 6.89. The highest BCUT2D eigenvalue weighted by Gasteiger charge is 2.09. The minimum Gasteiger partial charge on any atom is -0.508 e. The maximum absolute atomic E-state index is 9.31. The molecule has 0 aromatic heterocycles. The number of rotatable bonds is 6. The van der Waals surface area contributed by atoms with Crippen LogP contribution in [0.5, 0.6) is 17.2 Å². The summed E-state index contributed by atoms with van der Waals surface area (Å²) in [6, 6.07) is 13.2. The number of ether oxygens (including phenoxy) is 2. The van der Waals surface area contributed by atoms with Gasteiger partial charge in [-0.05, 0) is 43.2 Å². The first-order chi connectivity index (χ1) is 10.1. The minimum absolute atomic E-state index is 0.218. The molecule has 21 heavy (non-hydrogen) atoms. The molecule has 0 saturated heterocycles. The molecule has 0 radical (unpaired) electrons. The van der Waals surface area contributed by atoms with Crippen molar-refractivity contribution in [3.63, 3.8) is 0 Å². The summed E-state index contributed by atoms with van der Waals surface area (Å²) in [7, 11) is 3.29. The van der Waals surface area contributed by atoms with Crippen molar-refractivity contribution in [1.29, 1.82) is 0 Å². The first-order valence-corrected chi connectivity index (χ1v) is 6.89. The summed E-state index contributed by atoms with van der Waals surface area (Å²) in [4.78, 5) is 0. The average Bonchev–Trinajstić information content (AvgIpc) is 2.49. The molecular formula is C17H21NO3. The molecule has 0 spiro atoms. The van der Waals surface area contributed by atoms with Gasteiger partial charge in [-0.25, -0.2) is 0 Å². The smallest absolute Gasteiger partial charge is 0.142 e. The highest BCUT2D eigenvalue weighted by atomic mass is 16.5. The van der Waals surface area contributed by atoms with Gasteiger partial charge in [-0.1, -0.05) is 12.1 Å². The lowest BCUT2D eigenvalue weighted by atomic mass is 10.1. The van der Waals surface area contributed by atoms with E-state index < -0.39 is 0 Å². The van der Waals surface area contributed by atoms with E-state index in [4.69, 9.17) is 9.47 Å². The van der Waals surface area contributed by atoms with E-state index in [2.05, 4.69) is 12.2 Å². The van der Waals surface area contributed by atoms with Crippen molar-refractivity contribution >= 4 is 5.69 Å². The molecule has 4 nitrogen and oxygen atoms in total. The summed E-state index contributed by atoms with van der Waals surface area (Å²) in [5.41, 5.74) is 2.07. The SMILES string of the molecule is COc1ccc(OC)c(NC(C)Cc2ccc(O)cc2)c1. The fourth-order valence-electron chi connectivity index (χ4n) is 2.23. The third-order valence-electron chi connectivity index (χ3n) is 3.29. The van der Waals surface area contributed by atoms with Crippen LogP contribution in [0.25, 0.3) is 0 Å². The van der Waals surface area contributed by atoms with Crippen LogP contribution < -0.4 is 14.8 Å². The molecule has 0 aliphatic rings. The van der Waals surface area contributed by atoms with Crippen LogP contribution >= 0.6 is 0 Å². The van der Waals surface area contributed by atoms with Crippen LogP contribution in [0.4, 0.5) is 5.69 Å². The molecule has 2 aromatic rings. The minimum atomic E-state index is 0.218. The van der Waals surface area contributed by atoms with E-state index in [1.54, 1.807) is 26.4 Å². The van der Waals surface area contributed by atoms with E-state index in [-0.39, 0.29) is 11.8 Å². The topological polar surface area (TPSA) is 50.7 Å². The highest BCUT2D eigenvalue weighted by molar-refractivity contribution is 5.60. The van der Waals surface area contributed by atoms with Crippen LogP contribution in [0, 0.1) is 0 Å². The summed E-state index contributed by atoms with van der Waals surface area (Å²) in [5.74, 6) is 1.86. The van der Waals surface area contributed by atoms with Crippen LogP contribution in [-0.2, 0) is 6.42 Å². The van der Waals surface area contributed by atoms with Crippen LogP contribution in [0.2, 0.25) is 0 Å². The van der Waals surface area contributed by atoms with Gasteiger partial charge in [-0.3, -0.25) is 0 Å². The quantitative estimate of drug-likeness (QED) is 0.854. The van der Waals surface area contributed by atoms with Gasteiger partial charge >= 0.3 is 0 Å². The van der Waals surface area contributed by atoms with Crippen LogP contribution in [0.15, 0.2) is 42.5 Å². The van der Waals surface area contributed by atoms with Gasteiger partial charge in [0.05, 0.1) is 19.9 Å². The number of phenols is 1. The fourth-order valence-corrected chi connectivity index (χ4v) is 2.23. The monoisotopic (exact) mass is 287 g/mol. The molecule has 0 heterocycles. The van der Waals surface area contributed by atoms with Gasteiger partial charge in [-0.15, -0.1) is 0 Å². The van der Waals surface area contributed by atoms with Crippen molar-refractivity contribution in [2.24, 2.45) is 0 Å². The van der Waals surface area contributed by atoms with E-state index in [1.807, 2.05) is 30.3 Å². The Morgan fingerprint density at radius 2 is 1.76 bits per heavy atom. The zero-order valence-corrected chi connectivity index (χ0v) is 12.6. The largest absolute Gasteiger partial charge is 0.508 e. The van der Waals surface area contributed by atoms with Crippen LogP contribution in [-0.4, -0.2) is 25.4 Å². The van der Waals surface area contributed by atoms with Crippen molar-refractivity contribution in [3.8, 4) is 17.2 Å². The fraction of sp³-hybridized carbons (Fsp3) is 0.294. The maximum Gasteiger partial charge on any atom is 0.142 e. The Labute approximate surface area is 125 Å². The molecule has 0 bridgehead atoms. The van der Waals surface area contributed by atoms with Gasteiger partial charge in [0.15, 0.2) is 0 Å². The van der Waals surface area contributed by atoms with Gasteiger partial charge in [-0.2, -0.15) is 0 Å². The zero-order chi connectivity index (χ0) is 15.2. The van der Waals surface area contributed by atoms with Crippen molar-refractivity contribution in [1.82, 2.24) is 0 Å². The molecule has 0 aliphatic carbocycles. The number of nitrogens with one attached hydrogen (secondary N) is 1. The number of hydrogen-bond donors (Lipinski definition) is 2. The molecule has 2 rings (SSSR count). The Kier molecular flexibility index (Phi) is 4.93. The van der Waals surface area contributed by atoms with Crippen molar-refractivity contribution in [2.45, 2.75) is 19.4 Å². The summed E-state index contributed by atoms with van der Waals surface area (Å²) in [6.45, 7) is 2.10. The normalized spacial score (nSPS) is 11.8. The third kappa shape index (κ3) is 4.05. The molecule has 2 N–H and O–H groups in total. The predicted octanol–water partition coefficient (Wildman–Crippen LogP) is 3.45. The Balaban J connectivity index is 2.07. The third-order valence-corrected chi connectivity index (χ3v) is 3.29. The standard InChI is InChI=1S/C17H21NO3/c1-12(10-13-4-6-14(19)7-5-13)18-16-11-15(20-2)8-9-17(16)21-3/h4-9,11-12,18-19H,10H2,1-3H3. The molecule has 0 fully saturated rings. The maximum atomic E-state index is 9.31. The molecule has 4 heteroatoms. The second kappa shape index (κ2) is 6.88.